The number of aromatic nitrogens is 2. The van der Waals surface area contributed by atoms with Crippen LogP contribution in [-0.2, 0) is 11.8 Å². The number of amides is 1. The molecule has 2 heterocycles. The molecule has 6 nitrogen and oxygen atoms in total. The SMILES string of the molecule is Cc1nn(C)c2sc(C(=O)N(C)CC(C)C(=O)O)cc12. The first-order valence-electron chi connectivity index (χ1n) is 6.22. The minimum Gasteiger partial charge on any atom is -0.481 e. The van der Waals surface area contributed by atoms with Crippen molar-refractivity contribution in [2.75, 3.05) is 13.6 Å². The van der Waals surface area contributed by atoms with Crippen LogP contribution in [0, 0.1) is 12.8 Å². The van der Waals surface area contributed by atoms with Gasteiger partial charge in [0.1, 0.15) is 4.83 Å². The fraction of sp³-hybridized carbons (Fsp3) is 0.462. The summed E-state index contributed by atoms with van der Waals surface area (Å²) in [5.41, 5.74) is 0.888. The molecule has 0 aliphatic carbocycles. The maximum Gasteiger partial charge on any atom is 0.308 e. The number of thiophene rings is 1. The molecule has 0 aliphatic heterocycles. The summed E-state index contributed by atoms with van der Waals surface area (Å²) in [4.78, 5) is 26.2. The average molecular weight is 295 g/mol. The van der Waals surface area contributed by atoms with Crippen molar-refractivity contribution in [2.45, 2.75) is 13.8 Å². The van der Waals surface area contributed by atoms with Crippen molar-refractivity contribution in [3.05, 3.63) is 16.6 Å². The topological polar surface area (TPSA) is 75.4 Å². The Morgan fingerprint density at radius 3 is 2.75 bits per heavy atom. The third-order valence-electron chi connectivity index (χ3n) is 3.22. The molecule has 0 saturated heterocycles. The van der Waals surface area contributed by atoms with E-state index in [2.05, 4.69) is 5.10 Å². The van der Waals surface area contributed by atoms with Gasteiger partial charge in [-0.3, -0.25) is 14.3 Å². The zero-order valence-corrected chi connectivity index (χ0v) is 12.7. The summed E-state index contributed by atoms with van der Waals surface area (Å²) >= 11 is 1.38. The molecule has 1 unspecified atom stereocenters. The summed E-state index contributed by atoms with van der Waals surface area (Å²) in [5, 5.41) is 14.2. The summed E-state index contributed by atoms with van der Waals surface area (Å²) in [6.45, 7) is 3.68. The highest BCUT2D eigenvalue weighted by atomic mass is 32.1. The predicted octanol–water partition coefficient (Wildman–Crippen LogP) is 1.74. The van der Waals surface area contributed by atoms with Crippen LogP contribution in [0.5, 0.6) is 0 Å². The molecule has 0 fully saturated rings. The fourth-order valence-electron chi connectivity index (χ4n) is 2.07. The Labute approximate surface area is 120 Å². The van der Waals surface area contributed by atoms with Crippen molar-refractivity contribution in [3.63, 3.8) is 0 Å². The van der Waals surface area contributed by atoms with Crippen LogP contribution in [-0.4, -0.2) is 45.3 Å². The molecule has 1 amide bonds. The average Bonchev–Trinajstić information content (AvgIpc) is 2.91. The number of rotatable bonds is 4. The first-order valence-corrected chi connectivity index (χ1v) is 7.04. The second kappa shape index (κ2) is 5.24. The minimum atomic E-state index is -0.902. The predicted molar refractivity (Wildman–Crippen MR) is 77.1 cm³/mol. The van der Waals surface area contributed by atoms with E-state index in [4.69, 9.17) is 5.11 Å². The number of carboxylic acid groups (broad SMARTS) is 1. The highest BCUT2D eigenvalue weighted by molar-refractivity contribution is 7.20. The second-order valence-electron chi connectivity index (χ2n) is 4.96. The zero-order chi connectivity index (χ0) is 15.0. The lowest BCUT2D eigenvalue weighted by Crippen LogP contribution is -2.33. The molecule has 0 saturated carbocycles. The van der Waals surface area contributed by atoms with Crippen molar-refractivity contribution in [1.82, 2.24) is 14.7 Å². The highest BCUT2D eigenvalue weighted by Gasteiger charge is 2.21. The molecule has 0 aromatic carbocycles. The number of fused-ring (bicyclic) bond motifs is 1. The van der Waals surface area contributed by atoms with Crippen molar-refractivity contribution in [3.8, 4) is 0 Å². The van der Waals surface area contributed by atoms with Gasteiger partial charge in [0.05, 0.1) is 16.5 Å². The molecule has 20 heavy (non-hydrogen) atoms. The van der Waals surface area contributed by atoms with E-state index in [9.17, 15) is 9.59 Å². The van der Waals surface area contributed by atoms with Gasteiger partial charge in [0, 0.05) is 26.0 Å². The Bertz CT molecular complexity index is 639. The van der Waals surface area contributed by atoms with Crippen LogP contribution in [0.15, 0.2) is 6.07 Å². The minimum absolute atomic E-state index is 0.154. The number of carbonyl (C=O) groups is 2. The molecule has 108 valence electrons. The van der Waals surface area contributed by atoms with E-state index in [1.165, 1.54) is 16.2 Å². The lowest BCUT2D eigenvalue weighted by Gasteiger charge is -2.18. The maximum atomic E-state index is 12.3. The Hall–Kier alpha value is -1.89. The van der Waals surface area contributed by atoms with E-state index in [-0.39, 0.29) is 12.5 Å². The smallest absolute Gasteiger partial charge is 0.308 e. The summed E-state index contributed by atoms with van der Waals surface area (Å²) in [7, 11) is 3.47. The van der Waals surface area contributed by atoms with E-state index >= 15 is 0 Å². The first kappa shape index (κ1) is 14.5. The molecular formula is C13H17N3O3S. The van der Waals surface area contributed by atoms with E-state index < -0.39 is 11.9 Å². The molecule has 0 spiro atoms. The zero-order valence-electron chi connectivity index (χ0n) is 11.9. The molecule has 1 N–H and O–H groups in total. The van der Waals surface area contributed by atoms with Crippen molar-refractivity contribution < 1.29 is 14.7 Å². The second-order valence-corrected chi connectivity index (χ2v) is 5.99. The van der Waals surface area contributed by atoms with Crippen LogP contribution in [0.4, 0.5) is 0 Å². The standard InChI is InChI=1S/C13H17N3O3S/c1-7(13(18)19)6-15(3)11(17)10-5-9-8(2)14-16(4)12(9)20-10/h5,7H,6H2,1-4H3,(H,18,19). The number of aryl methyl sites for hydroxylation is 2. The number of hydrogen-bond acceptors (Lipinski definition) is 4. The Morgan fingerprint density at radius 2 is 2.20 bits per heavy atom. The van der Waals surface area contributed by atoms with Crippen LogP contribution >= 0.6 is 11.3 Å². The highest BCUT2D eigenvalue weighted by Crippen LogP contribution is 2.28. The molecule has 0 bridgehead atoms. The molecule has 2 rings (SSSR count). The third-order valence-corrected chi connectivity index (χ3v) is 4.41. The van der Waals surface area contributed by atoms with Gasteiger partial charge in [-0.2, -0.15) is 5.10 Å². The molecule has 7 heteroatoms. The monoisotopic (exact) mass is 295 g/mol. The molecule has 2 aromatic heterocycles. The Balaban J connectivity index is 2.22. The van der Waals surface area contributed by atoms with Gasteiger partial charge < -0.3 is 10.0 Å². The normalized spacial score (nSPS) is 12.6. The van der Waals surface area contributed by atoms with Crippen LogP contribution in [0.25, 0.3) is 10.2 Å². The van der Waals surface area contributed by atoms with Gasteiger partial charge in [-0.25, -0.2) is 0 Å². The summed E-state index contributed by atoms with van der Waals surface area (Å²) in [6.07, 6.45) is 0. The number of carbonyl (C=O) groups excluding carboxylic acids is 1. The Morgan fingerprint density at radius 1 is 1.55 bits per heavy atom. The first-order chi connectivity index (χ1) is 9.31. The summed E-state index contributed by atoms with van der Waals surface area (Å²) in [6, 6.07) is 1.83. The maximum absolute atomic E-state index is 12.3. The van der Waals surface area contributed by atoms with E-state index in [0.717, 1.165) is 15.9 Å². The van der Waals surface area contributed by atoms with Gasteiger partial charge in [0.25, 0.3) is 5.91 Å². The molecule has 1 atom stereocenters. The van der Waals surface area contributed by atoms with E-state index in [0.29, 0.717) is 4.88 Å². The quantitative estimate of drug-likeness (QED) is 0.932. The Kier molecular flexibility index (Phi) is 3.80. The van der Waals surface area contributed by atoms with Crippen LogP contribution in [0.3, 0.4) is 0 Å². The van der Waals surface area contributed by atoms with Crippen LogP contribution in [0.1, 0.15) is 22.3 Å². The van der Waals surface area contributed by atoms with Gasteiger partial charge in [0.15, 0.2) is 0 Å². The van der Waals surface area contributed by atoms with Crippen LogP contribution in [0.2, 0.25) is 0 Å². The van der Waals surface area contributed by atoms with Gasteiger partial charge in [0.2, 0.25) is 0 Å². The third kappa shape index (κ3) is 2.53. The van der Waals surface area contributed by atoms with Crippen LogP contribution < -0.4 is 0 Å². The summed E-state index contributed by atoms with van der Waals surface area (Å²) < 4.78 is 1.76. The number of hydrogen-bond donors (Lipinski definition) is 1. The molecule has 2 aromatic rings. The van der Waals surface area contributed by atoms with Gasteiger partial charge in [-0.05, 0) is 13.0 Å². The van der Waals surface area contributed by atoms with E-state index in [1.807, 2.05) is 20.0 Å². The number of nitrogens with zero attached hydrogens (tertiary/aromatic N) is 3. The largest absolute Gasteiger partial charge is 0.481 e. The lowest BCUT2D eigenvalue weighted by molar-refractivity contribution is -0.141. The summed E-state index contributed by atoms with van der Waals surface area (Å²) in [5.74, 6) is -1.64. The molecule has 0 radical (unpaired) electrons. The van der Waals surface area contributed by atoms with Gasteiger partial charge in [-0.1, -0.05) is 6.92 Å². The van der Waals surface area contributed by atoms with E-state index in [1.54, 1.807) is 18.7 Å². The fourth-order valence-corrected chi connectivity index (χ4v) is 3.19. The molecular weight excluding hydrogens is 278 g/mol. The van der Waals surface area contributed by atoms with Crippen molar-refractivity contribution in [2.24, 2.45) is 13.0 Å². The number of aliphatic carboxylic acids is 1. The van der Waals surface area contributed by atoms with Crippen molar-refractivity contribution >= 4 is 33.4 Å². The molecule has 0 aliphatic rings. The lowest BCUT2D eigenvalue weighted by atomic mass is 10.2. The van der Waals surface area contributed by atoms with Gasteiger partial charge in [-0.15, -0.1) is 11.3 Å². The van der Waals surface area contributed by atoms with Crippen molar-refractivity contribution in [1.29, 1.82) is 0 Å². The van der Waals surface area contributed by atoms with Gasteiger partial charge >= 0.3 is 5.97 Å². The number of carboxylic acids is 1.